The van der Waals surface area contributed by atoms with E-state index in [1.165, 1.54) is 12.4 Å². The highest BCUT2D eigenvalue weighted by molar-refractivity contribution is 7.89. The largest absolute Gasteiger partial charge is 0.308 e. The van der Waals surface area contributed by atoms with Gasteiger partial charge in [0.25, 0.3) is 0 Å². The summed E-state index contributed by atoms with van der Waals surface area (Å²) in [6.07, 6.45) is 4.28. The van der Waals surface area contributed by atoms with Crippen molar-refractivity contribution in [3.8, 4) is 0 Å². The highest BCUT2D eigenvalue weighted by Gasteiger charge is 2.35. The van der Waals surface area contributed by atoms with Crippen LogP contribution in [0.5, 0.6) is 0 Å². The van der Waals surface area contributed by atoms with Crippen molar-refractivity contribution in [3.63, 3.8) is 0 Å². The molecule has 1 aliphatic heterocycles. The Kier molecular flexibility index (Phi) is 4.39. The first-order chi connectivity index (χ1) is 8.91. The fourth-order valence-corrected chi connectivity index (χ4v) is 3.97. The average molecular weight is 305 g/mol. The van der Waals surface area contributed by atoms with Crippen LogP contribution in [0.3, 0.4) is 0 Å². The third-order valence-corrected chi connectivity index (χ3v) is 5.20. The molecule has 0 aromatic carbocycles. The maximum atomic E-state index is 12.5. The molecule has 0 spiro atoms. The Balaban J connectivity index is 2.25. The molecule has 2 rings (SSSR count). The molecule has 0 amide bonds. The molecule has 0 saturated carbocycles. The third kappa shape index (κ3) is 3.22. The van der Waals surface area contributed by atoms with Gasteiger partial charge in [-0.25, -0.2) is 18.4 Å². The van der Waals surface area contributed by atoms with E-state index < -0.39 is 10.0 Å². The SMILES string of the molecule is CN(C)CC1CCCN1S(=O)(=O)c1cnc(Cl)nc1. The number of likely N-dealkylation sites (N-methyl/N-ethyl adjacent to an activating group) is 1. The fourth-order valence-electron chi connectivity index (χ4n) is 2.30. The van der Waals surface area contributed by atoms with Crippen molar-refractivity contribution in [2.75, 3.05) is 27.2 Å². The number of nitrogens with zero attached hydrogens (tertiary/aromatic N) is 4. The molecule has 1 fully saturated rings. The van der Waals surface area contributed by atoms with Crippen LogP contribution in [0, 0.1) is 0 Å². The lowest BCUT2D eigenvalue weighted by atomic mass is 10.2. The zero-order chi connectivity index (χ0) is 14.0. The molecule has 1 aromatic rings. The van der Waals surface area contributed by atoms with Gasteiger partial charge < -0.3 is 4.90 Å². The Hall–Kier alpha value is -0.760. The number of halogens is 1. The van der Waals surface area contributed by atoms with E-state index in [-0.39, 0.29) is 16.2 Å². The summed E-state index contributed by atoms with van der Waals surface area (Å²) in [5.41, 5.74) is 0. The van der Waals surface area contributed by atoms with E-state index in [4.69, 9.17) is 11.6 Å². The number of aromatic nitrogens is 2. The number of sulfonamides is 1. The molecule has 0 N–H and O–H groups in total. The molecule has 0 aliphatic carbocycles. The average Bonchev–Trinajstić information content (AvgIpc) is 2.77. The van der Waals surface area contributed by atoms with Crippen LogP contribution in [0.1, 0.15) is 12.8 Å². The van der Waals surface area contributed by atoms with E-state index in [0.29, 0.717) is 13.1 Å². The molecule has 1 aromatic heterocycles. The highest BCUT2D eigenvalue weighted by Crippen LogP contribution is 2.25. The van der Waals surface area contributed by atoms with E-state index >= 15 is 0 Å². The van der Waals surface area contributed by atoms with Crippen LogP contribution < -0.4 is 0 Å². The molecule has 1 saturated heterocycles. The van der Waals surface area contributed by atoms with E-state index in [9.17, 15) is 8.42 Å². The van der Waals surface area contributed by atoms with Gasteiger partial charge in [0, 0.05) is 19.1 Å². The summed E-state index contributed by atoms with van der Waals surface area (Å²) in [6.45, 7) is 1.26. The number of rotatable bonds is 4. The van der Waals surface area contributed by atoms with Gasteiger partial charge in [-0.1, -0.05) is 0 Å². The minimum absolute atomic E-state index is 0.00989. The molecule has 0 radical (unpaired) electrons. The van der Waals surface area contributed by atoms with E-state index in [1.54, 1.807) is 4.31 Å². The first-order valence-electron chi connectivity index (χ1n) is 6.05. The van der Waals surface area contributed by atoms with Crippen LogP contribution in [0.25, 0.3) is 0 Å². The summed E-state index contributed by atoms with van der Waals surface area (Å²) in [7, 11) is 0.351. The molecular formula is C11H17ClN4O2S. The van der Waals surface area contributed by atoms with Crippen molar-refractivity contribution in [1.29, 1.82) is 0 Å². The second kappa shape index (κ2) is 5.70. The third-order valence-electron chi connectivity index (χ3n) is 3.10. The van der Waals surface area contributed by atoms with Crippen LogP contribution in [-0.4, -0.2) is 60.8 Å². The number of hydrogen-bond acceptors (Lipinski definition) is 5. The molecule has 6 nitrogen and oxygen atoms in total. The van der Waals surface area contributed by atoms with Gasteiger partial charge in [0.15, 0.2) is 0 Å². The maximum absolute atomic E-state index is 12.5. The summed E-state index contributed by atoms with van der Waals surface area (Å²) >= 11 is 5.58. The van der Waals surface area contributed by atoms with Crippen molar-refractivity contribution in [3.05, 3.63) is 17.7 Å². The van der Waals surface area contributed by atoms with E-state index in [2.05, 4.69) is 9.97 Å². The summed E-state index contributed by atoms with van der Waals surface area (Å²) in [6, 6.07) is 0.00989. The standard InChI is InChI=1S/C11H17ClN4O2S/c1-15(2)8-9-4-3-5-16(9)19(17,18)10-6-13-11(12)14-7-10/h6-7,9H,3-5,8H2,1-2H3. The summed E-state index contributed by atoms with van der Waals surface area (Å²) in [5, 5.41) is 0.0465. The van der Waals surface area contributed by atoms with Crippen molar-refractivity contribution in [1.82, 2.24) is 19.2 Å². The van der Waals surface area contributed by atoms with Crippen molar-refractivity contribution < 1.29 is 8.42 Å². The maximum Gasteiger partial charge on any atom is 0.246 e. The van der Waals surface area contributed by atoms with Crippen molar-refractivity contribution >= 4 is 21.6 Å². The smallest absolute Gasteiger partial charge is 0.246 e. The van der Waals surface area contributed by atoms with Crippen LogP contribution in [0.15, 0.2) is 17.3 Å². The van der Waals surface area contributed by atoms with Crippen LogP contribution in [0.4, 0.5) is 0 Å². The Morgan fingerprint density at radius 3 is 2.63 bits per heavy atom. The molecule has 1 aliphatic rings. The van der Waals surface area contributed by atoms with Crippen molar-refractivity contribution in [2.24, 2.45) is 0 Å². The van der Waals surface area contributed by atoms with Gasteiger partial charge in [-0.2, -0.15) is 4.31 Å². The normalized spacial score (nSPS) is 21.2. The lowest BCUT2D eigenvalue weighted by Gasteiger charge is -2.26. The first-order valence-corrected chi connectivity index (χ1v) is 7.87. The molecule has 8 heteroatoms. The molecule has 0 bridgehead atoms. The Morgan fingerprint density at radius 2 is 2.05 bits per heavy atom. The minimum Gasteiger partial charge on any atom is -0.308 e. The lowest BCUT2D eigenvalue weighted by molar-refractivity contribution is 0.291. The van der Waals surface area contributed by atoms with Crippen LogP contribution in [0.2, 0.25) is 5.28 Å². The van der Waals surface area contributed by atoms with Gasteiger partial charge in [-0.15, -0.1) is 0 Å². The second-order valence-corrected chi connectivity index (χ2v) is 7.09. The molecule has 106 valence electrons. The van der Waals surface area contributed by atoms with Crippen LogP contribution in [-0.2, 0) is 10.0 Å². The topological polar surface area (TPSA) is 66.4 Å². The summed E-state index contributed by atoms with van der Waals surface area (Å²) in [4.78, 5) is 9.58. The highest BCUT2D eigenvalue weighted by atomic mass is 35.5. The Labute approximate surface area is 118 Å². The lowest BCUT2D eigenvalue weighted by Crippen LogP contribution is -2.41. The molecule has 19 heavy (non-hydrogen) atoms. The van der Waals surface area contributed by atoms with E-state index in [0.717, 1.165) is 12.8 Å². The Morgan fingerprint density at radius 1 is 1.42 bits per heavy atom. The van der Waals surface area contributed by atoms with Gasteiger partial charge in [-0.3, -0.25) is 0 Å². The van der Waals surface area contributed by atoms with Gasteiger partial charge in [0.1, 0.15) is 4.90 Å². The summed E-state index contributed by atoms with van der Waals surface area (Å²) < 4.78 is 26.6. The molecular weight excluding hydrogens is 288 g/mol. The molecule has 1 atom stereocenters. The molecule has 2 heterocycles. The van der Waals surface area contributed by atoms with Crippen molar-refractivity contribution in [2.45, 2.75) is 23.8 Å². The summed E-state index contributed by atoms with van der Waals surface area (Å²) in [5.74, 6) is 0. The van der Waals surface area contributed by atoms with E-state index in [1.807, 2.05) is 19.0 Å². The second-order valence-electron chi connectivity index (χ2n) is 4.86. The minimum atomic E-state index is -3.53. The Bertz CT molecular complexity index is 532. The van der Waals surface area contributed by atoms with Gasteiger partial charge in [0.2, 0.25) is 15.3 Å². The van der Waals surface area contributed by atoms with Gasteiger partial charge in [-0.05, 0) is 38.5 Å². The first kappa shape index (κ1) is 14.6. The zero-order valence-corrected chi connectivity index (χ0v) is 12.5. The predicted octanol–water partition coefficient (Wildman–Crippen LogP) is 0.845. The van der Waals surface area contributed by atoms with Crippen LogP contribution >= 0.6 is 11.6 Å². The number of hydrogen-bond donors (Lipinski definition) is 0. The fraction of sp³-hybridized carbons (Fsp3) is 0.636. The quantitative estimate of drug-likeness (QED) is 0.771. The monoisotopic (exact) mass is 304 g/mol. The predicted molar refractivity (Wildman–Crippen MR) is 72.5 cm³/mol. The van der Waals surface area contributed by atoms with Gasteiger partial charge >= 0.3 is 0 Å². The molecule has 1 unspecified atom stereocenters. The zero-order valence-electron chi connectivity index (χ0n) is 11.0. The van der Waals surface area contributed by atoms with Gasteiger partial charge in [0.05, 0.1) is 12.4 Å².